The molecule has 3 N–H and O–H groups in total. The second kappa shape index (κ2) is 13.7. The van der Waals surface area contributed by atoms with E-state index >= 15 is 0 Å². The molecule has 1 aromatic carbocycles. The molecule has 6 rings (SSSR count). The average Bonchev–Trinajstić information content (AvgIpc) is 3.46. The minimum atomic E-state index is -4.71. The van der Waals surface area contributed by atoms with Crippen LogP contribution in [0.1, 0.15) is 93.0 Å². The molecule has 3 aliphatic rings. The summed E-state index contributed by atoms with van der Waals surface area (Å²) in [5, 5.41) is 14.3. The second-order valence-electron chi connectivity index (χ2n) is 14.5. The Balaban J connectivity index is 1.38. The zero-order valence-corrected chi connectivity index (χ0v) is 28.9. The molecule has 3 aromatic rings. The van der Waals surface area contributed by atoms with Gasteiger partial charge in [0.25, 0.3) is 0 Å². The van der Waals surface area contributed by atoms with Crippen LogP contribution in [0.5, 0.6) is 0 Å². The zero-order chi connectivity index (χ0) is 36.0. The zero-order valence-electron chi connectivity index (χ0n) is 28.9. The van der Waals surface area contributed by atoms with Crippen molar-refractivity contribution < 1.29 is 32.3 Å². The number of nitrogens with zero attached hydrogens (tertiary/aromatic N) is 4. The van der Waals surface area contributed by atoms with E-state index in [1.165, 1.54) is 17.9 Å². The van der Waals surface area contributed by atoms with Crippen molar-refractivity contribution in [2.24, 2.45) is 11.3 Å². The molecule has 4 heterocycles. The Labute approximate surface area is 288 Å². The molecule has 0 unspecified atom stereocenters. The van der Waals surface area contributed by atoms with E-state index < -0.39 is 35.1 Å². The number of alkyl halides is 3. The van der Waals surface area contributed by atoms with Crippen LogP contribution in [0.4, 0.5) is 24.7 Å². The van der Waals surface area contributed by atoms with Gasteiger partial charge in [-0.1, -0.05) is 32.8 Å². The van der Waals surface area contributed by atoms with Gasteiger partial charge in [0, 0.05) is 49.0 Å². The lowest BCUT2D eigenvalue weighted by atomic mass is 9.98. The summed E-state index contributed by atoms with van der Waals surface area (Å²) in [5.41, 5.74) is 1.38. The second-order valence-corrected chi connectivity index (χ2v) is 14.5. The van der Waals surface area contributed by atoms with E-state index in [1.807, 2.05) is 12.1 Å². The third kappa shape index (κ3) is 7.20. The molecule has 268 valence electrons. The van der Waals surface area contributed by atoms with E-state index in [0.29, 0.717) is 41.6 Å². The standard InChI is InChI=1S/C36H44F3N7O4/c1-20(2)17-40-24-13-23-9-7-5-6-8-10-29(48)41-19-35-15-26(34(50)43-33-21(3)11-12-27(42-33)36(37,38)39)46(28(35)16-35)30(49)18-45-32(23)25(14-24)31(44-45)22(4)47/h11-14,20,26,28,40H,5-10,15-19H2,1-4H3,(H,41,48)(H,42,43,50)/t26-,28+,35-/m0/s1. The summed E-state index contributed by atoms with van der Waals surface area (Å²) in [7, 11) is 0. The van der Waals surface area contributed by atoms with E-state index in [2.05, 4.69) is 39.9 Å². The van der Waals surface area contributed by atoms with Crippen LogP contribution in [0.25, 0.3) is 10.9 Å². The van der Waals surface area contributed by atoms with Gasteiger partial charge < -0.3 is 20.9 Å². The van der Waals surface area contributed by atoms with Crippen molar-refractivity contribution in [3.8, 4) is 0 Å². The number of hydrogen-bond acceptors (Lipinski definition) is 7. The number of carbonyl (C=O) groups excluding carboxylic acids is 4. The van der Waals surface area contributed by atoms with Crippen LogP contribution in [0.2, 0.25) is 0 Å². The van der Waals surface area contributed by atoms with Crippen LogP contribution in [0.15, 0.2) is 24.3 Å². The van der Waals surface area contributed by atoms with Crippen LogP contribution in [0, 0.1) is 18.3 Å². The van der Waals surface area contributed by atoms with Gasteiger partial charge >= 0.3 is 6.18 Å². The molecule has 11 nitrogen and oxygen atoms in total. The fourth-order valence-corrected chi connectivity index (χ4v) is 7.40. The van der Waals surface area contributed by atoms with Crippen LogP contribution in [-0.2, 0) is 33.5 Å². The molecule has 50 heavy (non-hydrogen) atoms. The Morgan fingerprint density at radius 2 is 1.82 bits per heavy atom. The number of pyridine rings is 1. The summed E-state index contributed by atoms with van der Waals surface area (Å²) in [4.78, 5) is 59.0. The van der Waals surface area contributed by atoms with E-state index in [1.54, 1.807) is 11.6 Å². The first-order valence-electron chi connectivity index (χ1n) is 17.4. The predicted octanol–water partition coefficient (Wildman–Crippen LogP) is 5.65. The van der Waals surface area contributed by atoms with Gasteiger partial charge in [-0.2, -0.15) is 18.3 Å². The van der Waals surface area contributed by atoms with Crippen molar-refractivity contribution in [1.82, 2.24) is 25.0 Å². The summed E-state index contributed by atoms with van der Waals surface area (Å²) in [6.45, 7) is 7.95. The maximum Gasteiger partial charge on any atom is 0.433 e. The molecule has 2 aliphatic heterocycles. The SMILES string of the molecule is CC(=O)c1nn2c3c(cc(NCC(C)C)cc13)CCCCCCC(=O)NC[C@@]13C[C@@H](C(=O)Nc4nc(C(F)(F)F)ccc4C)N(C(=O)C2)[C@@H]1C3. The molecule has 1 aliphatic carbocycles. The Bertz CT molecular complexity index is 1840. The number of rotatable bonds is 6. The Morgan fingerprint density at radius 1 is 1.08 bits per heavy atom. The highest BCUT2D eigenvalue weighted by molar-refractivity contribution is 6.07. The highest BCUT2D eigenvalue weighted by atomic mass is 19.4. The maximum atomic E-state index is 14.3. The third-order valence-corrected chi connectivity index (χ3v) is 10.1. The number of nitrogens with one attached hydrogen (secondary N) is 3. The lowest BCUT2D eigenvalue weighted by molar-refractivity contribution is -0.141. The number of halogens is 3. The maximum absolute atomic E-state index is 14.3. The number of ketones is 1. The van der Waals surface area contributed by atoms with Gasteiger partial charge in [-0.3, -0.25) is 23.9 Å². The van der Waals surface area contributed by atoms with Crippen LogP contribution in [-0.4, -0.2) is 68.3 Å². The lowest BCUT2D eigenvalue weighted by Gasteiger charge is -2.27. The van der Waals surface area contributed by atoms with Crippen molar-refractivity contribution in [2.45, 2.75) is 104 Å². The molecule has 2 fully saturated rings. The van der Waals surface area contributed by atoms with Gasteiger partial charge in [-0.05, 0) is 74.3 Å². The molecule has 2 aromatic heterocycles. The van der Waals surface area contributed by atoms with E-state index in [-0.39, 0.29) is 48.8 Å². The lowest BCUT2D eigenvalue weighted by Crippen LogP contribution is -2.47. The van der Waals surface area contributed by atoms with Crippen molar-refractivity contribution in [1.29, 1.82) is 0 Å². The molecule has 1 saturated heterocycles. The quantitative estimate of drug-likeness (QED) is 0.284. The van der Waals surface area contributed by atoms with Gasteiger partial charge in [0.05, 0.1) is 5.52 Å². The molecule has 3 atom stereocenters. The van der Waals surface area contributed by atoms with Gasteiger partial charge in [-0.15, -0.1) is 0 Å². The van der Waals surface area contributed by atoms with E-state index in [9.17, 15) is 32.3 Å². The minimum Gasteiger partial charge on any atom is -0.385 e. The largest absolute Gasteiger partial charge is 0.433 e. The summed E-state index contributed by atoms with van der Waals surface area (Å²) in [6.07, 6.45) is 0.443. The van der Waals surface area contributed by atoms with Crippen molar-refractivity contribution in [3.63, 3.8) is 0 Å². The van der Waals surface area contributed by atoms with Crippen LogP contribution < -0.4 is 16.0 Å². The molecule has 0 radical (unpaired) electrons. The van der Waals surface area contributed by atoms with E-state index in [4.69, 9.17) is 0 Å². The number of anilines is 2. The minimum absolute atomic E-state index is 0.0913. The fourth-order valence-electron chi connectivity index (χ4n) is 7.40. The summed E-state index contributed by atoms with van der Waals surface area (Å²) in [6, 6.07) is 4.65. The molecule has 14 heteroatoms. The number of benzene rings is 1. The van der Waals surface area contributed by atoms with Gasteiger partial charge in [0.2, 0.25) is 17.7 Å². The van der Waals surface area contributed by atoms with Gasteiger partial charge in [0.15, 0.2) is 5.78 Å². The van der Waals surface area contributed by atoms with Crippen molar-refractivity contribution in [2.75, 3.05) is 23.7 Å². The van der Waals surface area contributed by atoms with Gasteiger partial charge in [-0.25, -0.2) is 4.98 Å². The number of piperidine rings is 1. The molecule has 3 amide bonds. The monoisotopic (exact) mass is 695 g/mol. The Kier molecular flexibility index (Phi) is 9.66. The molecule has 2 bridgehead atoms. The first-order chi connectivity index (χ1) is 23.7. The number of carbonyl (C=O) groups is 4. The number of aryl methyl sites for hydroxylation is 2. The third-order valence-electron chi connectivity index (χ3n) is 10.1. The molecular weight excluding hydrogens is 651 g/mol. The highest BCUT2D eigenvalue weighted by Crippen LogP contribution is 2.59. The van der Waals surface area contributed by atoms with Gasteiger partial charge in [0.1, 0.15) is 29.8 Å². The first kappa shape index (κ1) is 35.3. The number of amides is 3. The smallest absolute Gasteiger partial charge is 0.385 e. The van der Waals surface area contributed by atoms with E-state index in [0.717, 1.165) is 49.5 Å². The number of Topliss-reactive ketones (excluding diaryl/α,β-unsaturated/α-hetero) is 1. The molecule has 1 saturated carbocycles. The summed E-state index contributed by atoms with van der Waals surface area (Å²) >= 11 is 0. The fraction of sp³-hybridized carbons (Fsp3) is 0.556. The highest BCUT2D eigenvalue weighted by Gasteiger charge is 2.67. The topological polar surface area (TPSA) is 138 Å². The number of aromatic nitrogens is 3. The summed E-state index contributed by atoms with van der Waals surface area (Å²) < 4.78 is 42.0. The normalized spacial score (nSPS) is 23.0. The van der Waals surface area contributed by atoms with Crippen LogP contribution >= 0.6 is 0 Å². The average molecular weight is 696 g/mol. The molecule has 0 spiro atoms. The van der Waals surface area contributed by atoms with Crippen molar-refractivity contribution >= 4 is 45.9 Å². The predicted molar refractivity (Wildman–Crippen MR) is 182 cm³/mol. The number of hydrogen-bond donors (Lipinski definition) is 3. The van der Waals surface area contributed by atoms with Crippen LogP contribution in [0.3, 0.4) is 0 Å². The Morgan fingerprint density at radius 3 is 2.52 bits per heavy atom. The molecular formula is C36H44F3N7O4. The van der Waals surface area contributed by atoms with Crippen molar-refractivity contribution in [3.05, 3.63) is 46.8 Å². The summed E-state index contributed by atoms with van der Waals surface area (Å²) in [5.74, 6) is -1.25. The Hall–Kier alpha value is -4.49. The first-order valence-corrected chi connectivity index (χ1v) is 17.4.